The number of aliphatic hydroxyl groups excluding tert-OH is 1. The van der Waals surface area contributed by atoms with Gasteiger partial charge in [-0.05, 0) is 32.8 Å². The van der Waals surface area contributed by atoms with Gasteiger partial charge in [-0.2, -0.15) is 0 Å². The second-order valence-corrected chi connectivity index (χ2v) is 4.70. The third-order valence-corrected chi connectivity index (χ3v) is 3.15. The summed E-state index contributed by atoms with van der Waals surface area (Å²) in [5.41, 5.74) is 2.44. The van der Waals surface area contributed by atoms with Crippen molar-refractivity contribution in [1.29, 1.82) is 0 Å². The van der Waals surface area contributed by atoms with Gasteiger partial charge in [0.05, 0.1) is 6.61 Å². The van der Waals surface area contributed by atoms with Gasteiger partial charge in [0.15, 0.2) is 5.78 Å². The molecule has 0 saturated heterocycles. The van der Waals surface area contributed by atoms with Crippen molar-refractivity contribution >= 4 is 11.7 Å². The molecule has 1 heterocycles. The van der Waals surface area contributed by atoms with E-state index in [9.17, 15) is 9.59 Å². The molecule has 5 nitrogen and oxygen atoms in total. The minimum absolute atomic E-state index is 0.0468. The lowest BCUT2D eigenvalue weighted by molar-refractivity contribution is 0.0716. The first-order chi connectivity index (χ1) is 8.93. The maximum Gasteiger partial charge on any atom is 0.270 e. The van der Waals surface area contributed by atoms with E-state index in [0.717, 1.165) is 6.42 Å². The van der Waals surface area contributed by atoms with E-state index in [0.29, 0.717) is 35.6 Å². The van der Waals surface area contributed by atoms with Crippen molar-refractivity contribution in [3.05, 3.63) is 22.5 Å². The molecule has 0 aliphatic rings. The van der Waals surface area contributed by atoms with Crippen molar-refractivity contribution in [3.8, 4) is 0 Å². The molecule has 0 radical (unpaired) electrons. The van der Waals surface area contributed by atoms with Crippen LogP contribution in [0.4, 0.5) is 0 Å². The summed E-state index contributed by atoms with van der Waals surface area (Å²) in [6.07, 6.45) is 0.823. The predicted octanol–water partition coefficient (Wildman–Crippen LogP) is 1.68. The molecule has 1 amide bonds. The van der Waals surface area contributed by atoms with E-state index in [2.05, 4.69) is 4.98 Å². The van der Waals surface area contributed by atoms with Crippen LogP contribution in [0.5, 0.6) is 0 Å². The summed E-state index contributed by atoms with van der Waals surface area (Å²) >= 11 is 0. The minimum Gasteiger partial charge on any atom is -0.395 e. The number of H-pyrrole nitrogens is 1. The number of nitrogens with zero attached hydrogens (tertiary/aromatic N) is 1. The number of nitrogens with one attached hydrogen (secondary N) is 1. The van der Waals surface area contributed by atoms with Gasteiger partial charge in [0, 0.05) is 24.3 Å². The SMILES string of the molecule is CCCN(CCO)C(=O)c1[nH]c(C)c(C(C)=O)c1C. The largest absolute Gasteiger partial charge is 0.395 e. The fourth-order valence-corrected chi connectivity index (χ4v) is 2.36. The lowest BCUT2D eigenvalue weighted by Gasteiger charge is -2.20. The number of ketones is 1. The molecule has 106 valence electrons. The molecule has 0 aliphatic heterocycles. The van der Waals surface area contributed by atoms with Gasteiger partial charge in [0.1, 0.15) is 5.69 Å². The maximum atomic E-state index is 12.4. The van der Waals surface area contributed by atoms with Gasteiger partial charge in [0.25, 0.3) is 5.91 Å². The average Bonchev–Trinajstić information content (AvgIpc) is 2.63. The zero-order valence-corrected chi connectivity index (χ0v) is 12.0. The Kier molecular flexibility index (Phi) is 5.30. The minimum atomic E-state index is -0.163. The third-order valence-electron chi connectivity index (χ3n) is 3.15. The standard InChI is InChI=1S/C14H22N2O3/c1-5-6-16(7-8-17)14(19)13-9(2)12(11(4)18)10(3)15-13/h15,17H,5-8H2,1-4H3. The fourth-order valence-electron chi connectivity index (χ4n) is 2.36. The van der Waals surface area contributed by atoms with Gasteiger partial charge in [-0.25, -0.2) is 0 Å². The number of amides is 1. The molecule has 0 fully saturated rings. The van der Waals surface area contributed by atoms with Crippen LogP contribution < -0.4 is 0 Å². The van der Waals surface area contributed by atoms with Crippen LogP contribution in [0.1, 0.15) is 52.4 Å². The highest BCUT2D eigenvalue weighted by atomic mass is 16.3. The summed E-state index contributed by atoms with van der Waals surface area (Å²) in [6.45, 7) is 7.86. The molecule has 19 heavy (non-hydrogen) atoms. The number of carbonyl (C=O) groups excluding carboxylic acids is 2. The van der Waals surface area contributed by atoms with Crippen molar-refractivity contribution < 1.29 is 14.7 Å². The predicted molar refractivity (Wildman–Crippen MR) is 73.6 cm³/mol. The number of aryl methyl sites for hydroxylation is 1. The summed E-state index contributed by atoms with van der Waals surface area (Å²) in [7, 11) is 0. The molecule has 0 aromatic carbocycles. The number of carbonyl (C=O) groups is 2. The molecule has 1 rings (SSSR count). The lowest BCUT2D eigenvalue weighted by Crippen LogP contribution is -2.34. The highest BCUT2D eigenvalue weighted by Crippen LogP contribution is 2.20. The quantitative estimate of drug-likeness (QED) is 0.769. The summed E-state index contributed by atoms with van der Waals surface area (Å²) in [4.78, 5) is 28.6. The van der Waals surface area contributed by atoms with E-state index in [-0.39, 0.29) is 18.3 Å². The Morgan fingerprint density at radius 2 is 1.89 bits per heavy atom. The molecule has 0 atom stereocenters. The Morgan fingerprint density at radius 1 is 1.26 bits per heavy atom. The average molecular weight is 266 g/mol. The number of aromatic nitrogens is 1. The normalized spacial score (nSPS) is 10.6. The monoisotopic (exact) mass is 266 g/mol. The number of rotatable bonds is 6. The Hall–Kier alpha value is -1.62. The molecule has 0 aliphatic carbocycles. The van der Waals surface area contributed by atoms with E-state index < -0.39 is 0 Å². The van der Waals surface area contributed by atoms with Gasteiger partial charge in [-0.15, -0.1) is 0 Å². The summed E-state index contributed by atoms with van der Waals surface area (Å²) in [5.74, 6) is -0.210. The number of aliphatic hydroxyl groups is 1. The Labute approximate surface area is 113 Å². The topological polar surface area (TPSA) is 73.4 Å². The van der Waals surface area contributed by atoms with E-state index in [1.165, 1.54) is 6.92 Å². The molecule has 5 heteroatoms. The van der Waals surface area contributed by atoms with Crippen molar-refractivity contribution in [2.45, 2.75) is 34.1 Å². The van der Waals surface area contributed by atoms with Crippen molar-refractivity contribution in [1.82, 2.24) is 9.88 Å². The molecular formula is C14H22N2O3. The van der Waals surface area contributed by atoms with Crippen LogP contribution in [0.25, 0.3) is 0 Å². The van der Waals surface area contributed by atoms with E-state index >= 15 is 0 Å². The van der Waals surface area contributed by atoms with Crippen molar-refractivity contribution in [3.63, 3.8) is 0 Å². The molecular weight excluding hydrogens is 244 g/mol. The molecule has 1 aromatic heterocycles. The highest BCUT2D eigenvalue weighted by molar-refractivity contribution is 6.02. The Morgan fingerprint density at radius 3 is 2.32 bits per heavy atom. The zero-order chi connectivity index (χ0) is 14.6. The smallest absolute Gasteiger partial charge is 0.270 e. The van der Waals surface area contributed by atoms with Crippen molar-refractivity contribution in [2.75, 3.05) is 19.7 Å². The number of hydrogen-bond donors (Lipinski definition) is 2. The first-order valence-electron chi connectivity index (χ1n) is 6.54. The van der Waals surface area contributed by atoms with Crippen LogP contribution >= 0.6 is 0 Å². The summed E-state index contributed by atoms with van der Waals surface area (Å²) in [5, 5.41) is 9.02. The van der Waals surface area contributed by atoms with Gasteiger partial charge in [-0.3, -0.25) is 9.59 Å². The van der Waals surface area contributed by atoms with Gasteiger partial charge in [0.2, 0.25) is 0 Å². The molecule has 1 aromatic rings. The number of hydrogen-bond acceptors (Lipinski definition) is 3. The lowest BCUT2D eigenvalue weighted by atomic mass is 10.1. The van der Waals surface area contributed by atoms with Crippen LogP contribution in [0.2, 0.25) is 0 Å². The van der Waals surface area contributed by atoms with E-state index in [1.54, 1.807) is 18.7 Å². The number of aromatic amines is 1. The molecule has 0 unspecified atom stereocenters. The van der Waals surface area contributed by atoms with Crippen LogP contribution in [-0.4, -0.2) is 46.4 Å². The van der Waals surface area contributed by atoms with Gasteiger partial charge >= 0.3 is 0 Å². The Bertz CT molecular complexity index is 471. The second-order valence-electron chi connectivity index (χ2n) is 4.70. The van der Waals surface area contributed by atoms with E-state index in [4.69, 9.17) is 5.11 Å². The Balaban J connectivity index is 3.11. The maximum absolute atomic E-state index is 12.4. The van der Waals surface area contributed by atoms with Crippen LogP contribution in [0.3, 0.4) is 0 Å². The third kappa shape index (κ3) is 3.23. The van der Waals surface area contributed by atoms with E-state index in [1.807, 2.05) is 6.92 Å². The zero-order valence-electron chi connectivity index (χ0n) is 12.0. The highest BCUT2D eigenvalue weighted by Gasteiger charge is 2.23. The summed E-state index contributed by atoms with van der Waals surface area (Å²) in [6, 6.07) is 0. The first kappa shape index (κ1) is 15.4. The van der Waals surface area contributed by atoms with Crippen LogP contribution in [-0.2, 0) is 0 Å². The van der Waals surface area contributed by atoms with Crippen LogP contribution in [0.15, 0.2) is 0 Å². The number of Topliss-reactive ketones (excluding diaryl/α,β-unsaturated/α-hetero) is 1. The molecule has 0 saturated carbocycles. The van der Waals surface area contributed by atoms with Crippen molar-refractivity contribution in [2.24, 2.45) is 0 Å². The first-order valence-corrected chi connectivity index (χ1v) is 6.54. The molecule has 0 bridgehead atoms. The fraction of sp³-hybridized carbons (Fsp3) is 0.571. The molecule has 2 N–H and O–H groups in total. The van der Waals surface area contributed by atoms with Crippen LogP contribution in [0, 0.1) is 13.8 Å². The van der Waals surface area contributed by atoms with Gasteiger partial charge < -0.3 is 15.0 Å². The molecule has 0 spiro atoms. The second kappa shape index (κ2) is 6.52. The van der Waals surface area contributed by atoms with Gasteiger partial charge in [-0.1, -0.05) is 6.92 Å². The summed E-state index contributed by atoms with van der Waals surface area (Å²) < 4.78 is 0.